The molecule has 8 N–H and O–H groups in total. The number of carbonyl (C=O) groups is 3. The van der Waals surface area contributed by atoms with Crippen molar-refractivity contribution in [2.45, 2.75) is 75.3 Å². The van der Waals surface area contributed by atoms with Crippen LogP contribution in [0.4, 0.5) is 0 Å². The Hall–Kier alpha value is -3.55. The highest BCUT2D eigenvalue weighted by molar-refractivity contribution is 6.31. The van der Waals surface area contributed by atoms with Gasteiger partial charge in [0.15, 0.2) is 12.1 Å². The molecule has 7 atom stereocenters. The highest BCUT2D eigenvalue weighted by Gasteiger charge is 2.54. The molecule has 0 saturated carbocycles. The molecule has 0 radical (unpaired) electrons. The van der Waals surface area contributed by atoms with Gasteiger partial charge in [0, 0.05) is 35.6 Å². The number of carboxylic acid groups (broad SMARTS) is 1. The molecule has 208 valence electrons. The standard InChI is InChI=1S/C27H29NO11/c1-3-27(37)8-13(39-14-7-11(28)21(30)9(2)38-14)16-17(20(27)26(35)36)25(34)18-19(24(16)33)23(32)15-10(22(18)31)5-4-6-12(15)29/h4-6,9,11,13-14,20-21,29-30,33-34,37H,3,7-8,28H2,1-2H3,(H,35,36)/t9?,11?,13-,14-,20-,21+,27+/m0/s1. The monoisotopic (exact) mass is 543 g/mol. The van der Waals surface area contributed by atoms with Gasteiger partial charge < -0.3 is 45.8 Å². The molecule has 2 aliphatic carbocycles. The highest BCUT2D eigenvalue weighted by Crippen LogP contribution is 2.57. The van der Waals surface area contributed by atoms with Crippen molar-refractivity contribution >= 4 is 17.5 Å². The van der Waals surface area contributed by atoms with Gasteiger partial charge in [0.2, 0.25) is 5.78 Å². The van der Waals surface area contributed by atoms with Crippen LogP contribution in [0.5, 0.6) is 17.2 Å². The largest absolute Gasteiger partial charge is 0.507 e. The van der Waals surface area contributed by atoms with Crippen molar-refractivity contribution in [3.05, 3.63) is 51.6 Å². The molecular weight excluding hydrogens is 514 g/mol. The van der Waals surface area contributed by atoms with E-state index in [1.165, 1.54) is 25.1 Å². The zero-order chi connectivity index (χ0) is 28.5. The van der Waals surface area contributed by atoms with Crippen LogP contribution in [0.25, 0.3) is 0 Å². The first kappa shape index (κ1) is 27.0. The van der Waals surface area contributed by atoms with Gasteiger partial charge in [-0.25, -0.2) is 0 Å². The van der Waals surface area contributed by atoms with E-state index in [4.69, 9.17) is 15.2 Å². The Balaban J connectivity index is 1.75. The van der Waals surface area contributed by atoms with Crippen LogP contribution >= 0.6 is 0 Å². The molecule has 12 nitrogen and oxygen atoms in total. The molecule has 0 bridgehead atoms. The Bertz CT molecular complexity index is 1390. The van der Waals surface area contributed by atoms with E-state index in [-0.39, 0.29) is 36.0 Å². The van der Waals surface area contributed by atoms with Crippen LogP contribution in [0.2, 0.25) is 0 Å². The fourth-order valence-corrected chi connectivity index (χ4v) is 6.03. The fourth-order valence-electron chi connectivity index (χ4n) is 6.03. The summed E-state index contributed by atoms with van der Waals surface area (Å²) in [5, 5.41) is 65.0. The first-order chi connectivity index (χ1) is 18.3. The maximum Gasteiger partial charge on any atom is 0.314 e. The van der Waals surface area contributed by atoms with Gasteiger partial charge in [-0.3, -0.25) is 14.4 Å². The molecule has 39 heavy (non-hydrogen) atoms. The number of fused-ring (bicyclic) bond motifs is 3. The summed E-state index contributed by atoms with van der Waals surface area (Å²) in [6.07, 6.45) is -4.56. The number of aromatic hydroxyl groups is 3. The van der Waals surface area contributed by atoms with Crippen LogP contribution in [0.3, 0.4) is 0 Å². The Kier molecular flexibility index (Phi) is 6.43. The van der Waals surface area contributed by atoms with Crippen molar-refractivity contribution in [3.8, 4) is 17.2 Å². The molecule has 12 heteroatoms. The smallest absolute Gasteiger partial charge is 0.314 e. The minimum absolute atomic E-state index is 0.0145. The summed E-state index contributed by atoms with van der Waals surface area (Å²) in [7, 11) is 0. The second-order valence-electron chi connectivity index (χ2n) is 10.4. The molecule has 0 amide bonds. The van der Waals surface area contributed by atoms with E-state index in [1.54, 1.807) is 6.92 Å². The number of hydrogen-bond acceptors (Lipinski definition) is 11. The maximum atomic E-state index is 13.5. The topological polar surface area (TPSA) is 217 Å². The zero-order valence-electron chi connectivity index (χ0n) is 21.1. The van der Waals surface area contributed by atoms with Gasteiger partial charge in [0.05, 0.1) is 40.6 Å². The molecule has 0 spiro atoms. The average molecular weight is 544 g/mol. The van der Waals surface area contributed by atoms with Crippen molar-refractivity contribution in [1.82, 2.24) is 0 Å². The zero-order valence-corrected chi connectivity index (χ0v) is 21.1. The summed E-state index contributed by atoms with van der Waals surface area (Å²) in [5.41, 5.74) is 1.39. The molecule has 1 heterocycles. The number of aliphatic hydroxyl groups excluding tert-OH is 1. The molecule has 3 aliphatic rings. The summed E-state index contributed by atoms with van der Waals surface area (Å²) in [4.78, 5) is 39.4. The number of nitrogens with two attached hydrogens (primary N) is 1. The molecule has 1 saturated heterocycles. The Morgan fingerprint density at radius 3 is 2.36 bits per heavy atom. The first-order valence-corrected chi connectivity index (χ1v) is 12.5. The number of rotatable bonds is 4. The highest BCUT2D eigenvalue weighted by atomic mass is 16.7. The minimum Gasteiger partial charge on any atom is -0.507 e. The quantitative estimate of drug-likeness (QED) is 0.231. The van der Waals surface area contributed by atoms with E-state index in [0.29, 0.717) is 0 Å². The number of phenols is 3. The number of carbonyl (C=O) groups excluding carboxylic acids is 2. The van der Waals surface area contributed by atoms with Crippen LogP contribution < -0.4 is 5.73 Å². The lowest BCUT2D eigenvalue weighted by molar-refractivity contribution is -0.248. The number of benzene rings is 2. The average Bonchev–Trinajstić information content (AvgIpc) is 2.87. The van der Waals surface area contributed by atoms with E-state index in [0.717, 1.165) is 0 Å². The van der Waals surface area contributed by atoms with Gasteiger partial charge >= 0.3 is 5.97 Å². The van der Waals surface area contributed by atoms with Crippen molar-refractivity contribution in [2.24, 2.45) is 5.73 Å². The van der Waals surface area contributed by atoms with Crippen LogP contribution in [0.1, 0.15) is 88.1 Å². The van der Waals surface area contributed by atoms with E-state index < -0.39 is 93.6 Å². The second kappa shape index (κ2) is 9.28. The molecule has 2 aromatic carbocycles. The van der Waals surface area contributed by atoms with Crippen LogP contribution in [0, 0.1) is 0 Å². The Labute approximate surface area is 222 Å². The van der Waals surface area contributed by atoms with Gasteiger partial charge in [-0.1, -0.05) is 19.1 Å². The van der Waals surface area contributed by atoms with Crippen LogP contribution in [0.15, 0.2) is 18.2 Å². The summed E-state index contributed by atoms with van der Waals surface area (Å²) in [6, 6.07) is 3.04. The number of phenolic OH excluding ortho intramolecular Hbond substituents is 3. The molecule has 1 fully saturated rings. The summed E-state index contributed by atoms with van der Waals surface area (Å²) in [6.45, 7) is 3.11. The molecule has 1 aliphatic heterocycles. The third kappa shape index (κ3) is 3.90. The molecule has 2 unspecified atom stereocenters. The number of hydrogen-bond donors (Lipinski definition) is 7. The molecule has 2 aromatic rings. The van der Waals surface area contributed by atoms with Gasteiger partial charge in [0.1, 0.15) is 23.2 Å². The number of aliphatic hydroxyl groups is 2. The predicted octanol–water partition coefficient (Wildman–Crippen LogP) is 1.17. The first-order valence-electron chi connectivity index (χ1n) is 12.5. The number of ketones is 2. The van der Waals surface area contributed by atoms with Crippen molar-refractivity contribution < 1.29 is 54.5 Å². The van der Waals surface area contributed by atoms with Crippen LogP contribution in [-0.2, 0) is 14.3 Å². The van der Waals surface area contributed by atoms with Gasteiger partial charge in [-0.2, -0.15) is 0 Å². The van der Waals surface area contributed by atoms with Gasteiger partial charge in [0.25, 0.3) is 0 Å². The number of aliphatic carboxylic acids is 1. The predicted molar refractivity (Wildman–Crippen MR) is 132 cm³/mol. The lowest BCUT2D eigenvalue weighted by atomic mass is 9.66. The lowest BCUT2D eigenvalue weighted by Gasteiger charge is -2.45. The molecular formula is C27H29NO11. The number of ether oxygens (including phenoxy) is 2. The van der Waals surface area contributed by atoms with Crippen molar-refractivity contribution in [2.75, 3.05) is 0 Å². The summed E-state index contributed by atoms with van der Waals surface area (Å²) >= 11 is 0. The van der Waals surface area contributed by atoms with Gasteiger partial charge in [-0.05, 0) is 19.4 Å². The molecule has 0 aromatic heterocycles. The SMILES string of the molecule is CC[C@@]1(O)C[C@H](O[C@H]2CC(N)[C@H](O)C(C)O2)c2c(O)c3c(c(O)c2[C@H]1C(=O)O)C(=O)c1cccc(O)c1C3=O. The van der Waals surface area contributed by atoms with E-state index in [2.05, 4.69) is 0 Å². The third-order valence-corrected chi connectivity index (χ3v) is 8.11. The van der Waals surface area contributed by atoms with E-state index in [1.807, 2.05) is 0 Å². The van der Waals surface area contributed by atoms with E-state index >= 15 is 0 Å². The maximum absolute atomic E-state index is 13.5. The van der Waals surface area contributed by atoms with Gasteiger partial charge in [-0.15, -0.1) is 0 Å². The molecule has 5 rings (SSSR count). The number of carboxylic acids is 1. The van der Waals surface area contributed by atoms with Crippen LogP contribution in [-0.4, -0.2) is 78.3 Å². The van der Waals surface area contributed by atoms with E-state index in [9.17, 15) is 45.0 Å². The lowest BCUT2D eigenvalue weighted by Crippen LogP contribution is -2.52. The van der Waals surface area contributed by atoms with Crippen molar-refractivity contribution in [3.63, 3.8) is 0 Å². The normalized spacial score (nSPS) is 31.8. The van der Waals surface area contributed by atoms with Crippen molar-refractivity contribution in [1.29, 1.82) is 0 Å². The minimum atomic E-state index is -2.00. The second-order valence-corrected chi connectivity index (χ2v) is 10.4. The summed E-state index contributed by atoms with van der Waals surface area (Å²) in [5.74, 6) is -7.41. The summed E-state index contributed by atoms with van der Waals surface area (Å²) < 4.78 is 11.8. The Morgan fingerprint density at radius 2 is 1.74 bits per heavy atom. The third-order valence-electron chi connectivity index (χ3n) is 8.11. The fraction of sp³-hybridized carbons (Fsp3) is 0.444. The Morgan fingerprint density at radius 1 is 1.10 bits per heavy atom.